The number of halogens is 1. The first-order chi connectivity index (χ1) is 10.2. The van der Waals surface area contributed by atoms with E-state index < -0.39 is 0 Å². The Labute approximate surface area is 131 Å². The van der Waals surface area contributed by atoms with Gasteiger partial charge >= 0.3 is 0 Å². The van der Waals surface area contributed by atoms with E-state index in [1.807, 2.05) is 49.5 Å². The van der Waals surface area contributed by atoms with E-state index >= 15 is 0 Å². The van der Waals surface area contributed by atoms with E-state index in [4.69, 9.17) is 4.52 Å². The smallest absolute Gasteiger partial charge is 0.257 e. The van der Waals surface area contributed by atoms with Crippen LogP contribution in [0.1, 0.15) is 11.4 Å². The third kappa shape index (κ3) is 3.31. The van der Waals surface area contributed by atoms with E-state index in [1.165, 1.54) is 0 Å². The second-order valence-corrected chi connectivity index (χ2v) is 5.57. The molecule has 1 heterocycles. The van der Waals surface area contributed by atoms with Crippen molar-refractivity contribution in [3.8, 4) is 11.5 Å². The SMILES string of the molecule is CNc1ccc(-c2nc(Cc3cccc(Br)c3)no2)cc1. The molecule has 4 nitrogen and oxygen atoms in total. The van der Waals surface area contributed by atoms with Crippen molar-refractivity contribution in [2.24, 2.45) is 0 Å². The Kier molecular flexibility index (Phi) is 4.01. The number of anilines is 1. The van der Waals surface area contributed by atoms with Crippen molar-refractivity contribution in [3.63, 3.8) is 0 Å². The summed E-state index contributed by atoms with van der Waals surface area (Å²) in [6.45, 7) is 0. The van der Waals surface area contributed by atoms with Gasteiger partial charge in [-0.15, -0.1) is 0 Å². The molecule has 0 bridgehead atoms. The lowest BCUT2D eigenvalue weighted by Gasteiger charge is -1.99. The predicted molar refractivity (Wildman–Crippen MR) is 86.2 cm³/mol. The number of hydrogen-bond donors (Lipinski definition) is 1. The zero-order chi connectivity index (χ0) is 14.7. The third-order valence-corrected chi connectivity index (χ3v) is 3.63. The number of aromatic nitrogens is 2. The minimum atomic E-state index is 0.544. The second-order valence-electron chi connectivity index (χ2n) is 4.65. The highest BCUT2D eigenvalue weighted by molar-refractivity contribution is 9.10. The minimum absolute atomic E-state index is 0.544. The molecular weight excluding hydrogens is 330 g/mol. The lowest BCUT2D eigenvalue weighted by molar-refractivity contribution is 0.424. The maximum absolute atomic E-state index is 5.33. The Morgan fingerprint density at radius 1 is 1.14 bits per heavy atom. The quantitative estimate of drug-likeness (QED) is 0.773. The largest absolute Gasteiger partial charge is 0.388 e. The Bertz CT molecular complexity index is 737. The Morgan fingerprint density at radius 3 is 2.67 bits per heavy atom. The predicted octanol–water partition coefficient (Wildman–Crippen LogP) is 4.13. The standard InChI is InChI=1S/C16H14BrN3O/c1-18-14-7-5-12(6-8-14)16-19-15(20-21-16)10-11-3-2-4-13(17)9-11/h2-9,18H,10H2,1H3. The van der Waals surface area contributed by atoms with E-state index in [1.54, 1.807) is 0 Å². The summed E-state index contributed by atoms with van der Waals surface area (Å²) < 4.78 is 6.38. The summed E-state index contributed by atoms with van der Waals surface area (Å²) >= 11 is 3.46. The van der Waals surface area contributed by atoms with E-state index in [0.29, 0.717) is 18.1 Å². The Morgan fingerprint density at radius 2 is 1.95 bits per heavy atom. The molecule has 1 N–H and O–H groups in total. The van der Waals surface area contributed by atoms with Gasteiger partial charge in [-0.1, -0.05) is 33.2 Å². The van der Waals surface area contributed by atoms with Crippen LogP contribution in [-0.4, -0.2) is 17.2 Å². The molecule has 0 spiro atoms. The molecule has 0 radical (unpaired) electrons. The third-order valence-electron chi connectivity index (χ3n) is 3.14. The summed E-state index contributed by atoms with van der Waals surface area (Å²) in [4.78, 5) is 4.45. The average Bonchev–Trinajstić information content (AvgIpc) is 2.96. The first kappa shape index (κ1) is 13.8. The van der Waals surface area contributed by atoms with Gasteiger partial charge in [0.25, 0.3) is 5.89 Å². The summed E-state index contributed by atoms with van der Waals surface area (Å²) in [5.41, 5.74) is 3.11. The van der Waals surface area contributed by atoms with Crippen molar-refractivity contribution < 1.29 is 4.52 Å². The van der Waals surface area contributed by atoms with Gasteiger partial charge in [0.05, 0.1) is 0 Å². The van der Waals surface area contributed by atoms with E-state index in [9.17, 15) is 0 Å². The normalized spacial score (nSPS) is 10.6. The number of hydrogen-bond acceptors (Lipinski definition) is 4. The van der Waals surface area contributed by atoms with Crippen LogP contribution in [0.2, 0.25) is 0 Å². The van der Waals surface area contributed by atoms with Crippen LogP contribution < -0.4 is 5.32 Å². The van der Waals surface area contributed by atoms with Gasteiger partial charge < -0.3 is 9.84 Å². The lowest BCUT2D eigenvalue weighted by atomic mass is 10.1. The molecule has 2 aromatic carbocycles. The molecule has 3 rings (SSSR count). The van der Waals surface area contributed by atoms with E-state index in [0.717, 1.165) is 21.3 Å². The van der Waals surface area contributed by atoms with Gasteiger partial charge in [-0.05, 0) is 42.0 Å². The molecule has 106 valence electrons. The molecule has 0 amide bonds. The highest BCUT2D eigenvalue weighted by Gasteiger charge is 2.09. The minimum Gasteiger partial charge on any atom is -0.388 e. The monoisotopic (exact) mass is 343 g/mol. The van der Waals surface area contributed by atoms with Crippen LogP contribution in [-0.2, 0) is 6.42 Å². The molecule has 0 atom stereocenters. The van der Waals surface area contributed by atoms with Crippen LogP contribution >= 0.6 is 15.9 Å². The molecule has 3 aromatic rings. The van der Waals surface area contributed by atoms with Crippen LogP contribution in [0.5, 0.6) is 0 Å². The van der Waals surface area contributed by atoms with Gasteiger partial charge in [0.15, 0.2) is 5.82 Å². The highest BCUT2D eigenvalue weighted by Crippen LogP contribution is 2.20. The molecule has 1 aromatic heterocycles. The van der Waals surface area contributed by atoms with Crippen molar-refractivity contribution >= 4 is 21.6 Å². The first-order valence-electron chi connectivity index (χ1n) is 6.60. The fourth-order valence-corrected chi connectivity index (χ4v) is 2.50. The zero-order valence-corrected chi connectivity index (χ0v) is 13.1. The van der Waals surface area contributed by atoms with E-state index in [2.05, 4.69) is 37.5 Å². The zero-order valence-electron chi connectivity index (χ0n) is 11.5. The number of nitrogens with zero attached hydrogens (tertiary/aromatic N) is 2. The fourth-order valence-electron chi connectivity index (χ4n) is 2.05. The Hall–Kier alpha value is -2.14. The maximum Gasteiger partial charge on any atom is 0.257 e. The average molecular weight is 344 g/mol. The van der Waals surface area contributed by atoms with Crippen LogP contribution in [0.15, 0.2) is 57.5 Å². The van der Waals surface area contributed by atoms with Crippen LogP contribution in [0.3, 0.4) is 0 Å². The summed E-state index contributed by atoms with van der Waals surface area (Å²) in [7, 11) is 1.89. The molecule has 0 aliphatic heterocycles. The van der Waals surface area contributed by atoms with Crippen LogP contribution in [0.4, 0.5) is 5.69 Å². The van der Waals surface area contributed by atoms with Crippen molar-refractivity contribution in [3.05, 3.63) is 64.4 Å². The highest BCUT2D eigenvalue weighted by atomic mass is 79.9. The number of benzene rings is 2. The van der Waals surface area contributed by atoms with Gasteiger partial charge in [0, 0.05) is 29.2 Å². The van der Waals surface area contributed by atoms with Crippen molar-refractivity contribution in [2.75, 3.05) is 12.4 Å². The van der Waals surface area contributed by atoms with E-state index in [-0.39, 0.29) is 0 Å². The molecule has 0 saturated carbocycles. The summed E-state index contributed by atoms with van der Waals surface area (Å²) in [6, 6.07) is 16.0. The van der Waals surface area contributed by atoms with Crippen LogP contribution in [0.25, 0.3) is 11.5 Å². The van der Waals surface area contributed by atoms with Gasteiger partial charge in [-0.2, -0.15) is 4.98 Å². The van der Waals surface area contributed by atoms with Gasteiger partial charge in [0.2, 0.25) is 0 Å². The number of nitrogens with one attached hydrogen (secondary N) is 1. The molecule has 0 unspecified atom stereocenters. The molecule has 0 aliphatic carbocycles. The molecule has 0 saturated heterocycles. The van der Waals surface area contributed by atoms with Gasteiger partial charge in [-0.25, -0.2) is 0 Å². The topological polar surface area (TPSA) is 51.0 Å². The molecule has 5 heteroatoms. The molecule has 0 aliphatic rings. The van der Waals surface area contributed by atoms with Gasteiger partial charge in [0.1, 0.15) is 0 Å². The molecule has 21 heavy (non-hydrogen) atoms. The van der Waals surface area contributed by atoms with Crippen molar-refractivity contribution in [1.29, 1.82) is 0 Å². The Balaban J connectivity index is 1.79. The first-order valence-corrected chi connectivity index (χ1v) is 7.39. The summed E-state index contributed by atoms with van der Waals surface area (Å²) in [5, 5.41) is 7.12. The van der Waals surface area contributed by atoms with Crippen molar-refractivity contribution in [2.45, 2.75) is 6.42 Å². The van der Waals surface area contributed by atoms with Crippen molar-refractivity contribution in [1.82, 2.24) is 10.1 Å². The number of rotatable bonds is 4. The summed E-state index contributed by atoms with van der Waals surface area (Å²) in [5.74, 6) is 1.23. The maximum atomic E-state index is 5.33. The summed E-state index contributed by atoms with van der Waals surface area (Å²) in [6.07, 6.45) is 0.650. The lowest BCUT2D eigenvalue weighted by Crippen LogP contribution is -1.91. The fraction of sp³-hybridized carbons (Fsp3) is 0.125. The van der Waals surface area contributed by atoms with Gasteiger partial charge in [-0.3, -0.25) is 0 Å². The second kappa shape index (κ2) is 6.10. The molecule has 0 fully saturated rings. The van der Waals surface area contributed by atoms with Crippen LogP contribution in [0, 0.1) is 0 Å². The molecular formula is C16H14BrN3O.